The van der Waals surface area contributed by atoms with Gasteiger partial charge in [0.25, 0.3) is 0 Å². The number of morpholine rings is 1. The van der Waals surface area contributed by atoms with E-state index >= 15 is 0 Å². The molecule has 2 fully saturated rings. The maximum Gasteiger partial charge on any atom is 0.226 e. The number of amides is 1. The van der Waals surface area contributed by atoms with Gasteiger partial charge in [-0.2, -0.15) is 0 Å². The summed E-state index contributed by atoms with van der Waals surface area (Å²) in [5, 5.41) is 3.04. The van der Waals surface area contributed by atoms with E-state index in [0.29, 0.717) is 12.5 Å². The molecule has 1 aromatic rings. The van der Waals surface area contributed by atoms with E-state index < -0.39 is 0 Å². The highest BCUT2D eigenvalue weighted by molar-refractivity contribution is 5.79. The average Bonchev–Trinajstić information content (AvgIpc) is 2.86. The van der Waals surface area contributed by atoms with Crippen molar-refractivity contribution in [2.75, 3.05) is 19.6 Å². The summed E-state index contributed by atoms with van der Waals surface area (Å²) in [6.07, 6.45) is 5.85. The Kier molecular flexibility index (Phi) is 5.28. The summed E-state index contributed by atoms with van der Waals surface area (Å²) >= 11 is 0. The molecular weight excluding hydrogens is 290 g/mol. The normalized spacial score (nSPS) is 27.3. The second-order valence-electron chi connectivity index (χ2n) is 7.16. The summed E-state index contributed by atoms with van der Waals surface area (Å²) in [6, 6.07) is 3.87. The largest absolute Gasteiger partial charge is 0.371 e. The Balaban J connectivity index is 1.50. The molecule has 0 aromatic carbocycles. The Hall–Kier alpha value is -1.46. The summed E-state index contributed by atoms with van der Waals surface area (Å²) in [4.78, 5) is 19.0. The number of hydrogen-bond acceptors (Lipinski definition) is 4. The van der Waals surface area contributed by atoms with Gasteiger partial charge in [0.05, 0.1) is 18.1 Å². The predicted molar refractivity (Wildman–Crippen MR) is 88.7 cm³/mol. The molecule has 0 spiro atoms. The fraction of sp³-hybridized carbons (Fsp3) is 0.667. The second-order valence-corrected chi connectivity index (χ2v) is 7.16. The lowest BCUT2D eigenvalue weighted by Gasteiger charge is -2.33. The average molecular weight is 317 g/mol. The van der Waals surface area contributed by atoms with Crippen molar-refractivity contribution in [3.63, 3.8) is 0 Å². The number of fused-ring (bicyclic) bond motifs is 2. The molecule has 2 bridgehead atoms. The molecule has 0 saturated carbocycles. The smallest absolute Gasteiger partial charge is 0.226 e. The molecule has 1 N–H and O–H groups in total. The molecule has 2 saturated heterocycles. The number of pyridine rings is 1. The third kappa shape index (κ3) is 4.30. The van der Waals surface area contributed by atoms with E-state index in [2.05, 4.69) is 29.0 Å². The van der Waals surface area contributed by atoms with Crippen LogP contribution >= 0.6 is 0 Å². The van der Waals surface area contributed by atoms with E-state index in [-0.39, 0.29) is 24.0 Å². The standard InChI is InChI=1S/C18H27N3O2/c1-13(2)5-7-21-11-15-8-16(17(12-21)23-15)18(22)20-10-14-4-3-6-19-9-14/h3-4,6,9,13,15-17H,5,7-8,10-12H2,1-2H3,(H,20,22)/t15-,16+,17-/m1/s1. The summed E-state index contributed by atoms with van der Waals surface area (Å²) < 4.78 is 6.01. The fourth-order valence-corrected chi connectivity index (χ4v) is 3.46. The van der Waals surface area contributed by atoms with Crippen LogP contribution in [0.5, 0.6) is 0 Å². The van der Waals surface area contributed by atoms with Crippen molar-refractivity contribution in [3.8, 4) is 0 Å². The first kappa shape index (κ1) is 16.4. The van der Waals surface area contributed by atoms with Crippen LogP contribution in [0.25, 0.3) is 0 Å². The Labute approximate surface area is 138 Å². The molecule has 1 aromatic heterocycles. The highest BCUT2D eigenvalue weighted by Gasteiger charge is 2.44. The summed E-state index contributed by atoms with van der Waals surface area (Å²) in [6.45, 7) is 8.01. The van der Waals surface area contributed by atoms with Crippen LogP contribution in [0, 0.1) is 11.8 Å². The monoisotopic (exact) mass is 317 g/mol. The quantitative estimate of drug-likeness (QED) is 0.870. The molecule has 5 heteroatoms. The maximum absolute atomic E-state index is 12.5. The van der Waals surface area contributed by atoms with Gasteiger partial charge >= 0.3 is 0 Å². The number of carbonyl (C=O) groups is 1. The van der Waals surface area contributed by atoms with Crippen LogP contribution in [0.1, 0.15) is 32.3 Å². The van der Waals surface area contributed by atoms with Gasteiger partial charge in [0.1, 0.15) is 0 Å². The molecule has 23 heavy (non-hydrogen) atoms. The topological polar surface area (TPSA) is 54.5 Å². The van der Waals surface area contributed by atoms with Crippen molar-refractivity contribution >= 4 is 5.91 Å². The van der Waals surface area contributed by atoms with Crippen LogP contribution in [-0.4, -0.2) is 47.6 Å². The Morgan fingerprint density at radius 2 is 2.35 bits per heavy atom. The molecule has 2 aliphatic heterocycles. The fourth-order valence-electron chi connectivity index (χ4n) is 3.46. The van der Waals surface area contributed by atoms with Crippen LogP contribution in [0.15, 0.2) is 24.5 Å². The van der Waals surface area contributed by atoms with Crippen LogP contribution < -0.4 is 5.32 Å². The predicted octanol–water partition coefficient (Wildman–Crippen LogP) is 1.83. The van der Waals surface area contributed by atoms with Gasteiger partial charge in [-0.15, -0.1) is 0 Å². The van der Waals surface area contributed by atoms with Crippen molar-refractivity contribution < 1.29 is 9.53 Å². The number of nitrogens with one attached hydrogen (secondary N) is 1. The highest BCUT2D eigenvalue weighted by atomic mass is 16.5. The number of carbonyl (C=O) groups excluding carboxylic acids is 1. The number of nitrogens with zero attached hydrogens (tertiary/aromatic N) is 2. The Morgan fingerprint density at radius 1 is 1.48 bits per heavy atom. The van der Waals surface area contributed by atoms with E-state index in [0.717, 1.165) is 31.6 Å². The van der Waals surface area contributed by atoms with Crippen molar-refractivity contribution in [1.29, 1.82) is 0 Å². The molecule has 2 aliphatic rings. The van der Waals surface area contributed by atoms with E-state index in [1.165, 1.54) is 6.42 Å². The first-order valence-electron chi connectivity index (χ1n) is 8.66. The molecule has 3 rings (SSSR count). The Morgan fingerprint density at radius 3 is 3.09 bits per heavy atom. The summed E-state index contributed by atoms with van der Waals surface area (Å²) in [7, 11) is 0. The minimum atomic E-state index is -0.0132. The number of rotatable bonds is 6. The number of hydrogen-bond donors (Lipinski definition) is 1. The van der Waals surface area contributed by atoms with Gasteiger partial charge in [-0.25, -0.2) is 0 Å². The van der Waals surface area contributed by atoms with Gasteiger partial charge in [0, 0.05) is 32.0 Å². The molecule has 3 heterocycles. The zero-order valence-corrected chi connectivity index (χ0v) is 14.1. The molecule has 0 aliphatic carbocycles. The van der Waals surface area contributed by atoms with Crippen LogP contribution in [0.4, 0.5) is 0 Å². The van der Waals surface area contributed by atoms with Crippen LogP contribution in [-0.2, 0) is 16.1 Å². The zero-order valence-electron chi connectivity index (χ0n) is 14.1. The van der Waals surface area contributed by atoms with Gasteiger partial charge in [0.2, 0.25) is 5.91 Å². The lowest BCUT2D eigenvalue weighted by molar-refractivity contribution is -0.128. The van der Waals surface area contributed by atoms with E-state index in [9.17, 15) is 4.79 Å². The second kappa shape index (κ2) is 7.41. The molecular formula is C18H27N3O2. The zero-order chi connectivity index (χ0) is 16.2. The summed E-state index contributed by atoms with van der Waals surface area (Å²) in [5.41, 5.74) is 1.03. The van der Waals surface area contributed by atoms with Gasteiger partial charge < -0.3 is 10.1 Å². The first-order valence-corrected chi connectivity index (χ1v) is 8.66. The van der Waals surface area contributed by atoms with Crippen molar-refractivity contribution in [2.24, 2.45) is 11.8 Å². The Bertz CT molecular complexity index is 520. The van der Waals surface area contributed by atoms with Crippen molar-refractivity contribution in [1.82, 2.24) is 15.2 Å². The first-order chi connectivity index (χ1) is 11.1. The van der Waals surface area contributed by atoms with Crippen molar-refractivity contribution in [2.45, 2.75) is 45.4 Å². The van der Waals surface area contributed by atoms with Crippen LogP contribution in [0.2, 0.25) is 0 Å². The molecule has 126 valence electrons. The van der Waals surface area contributed by atoms with Crippen molar-refractivity contribution in [3.05, 3.63) is 30.1 Å². The van der Waals surface area contributed by atoms with Gasteiger partial charge in [-0.3, -0.25) is 14.7 Å². The number of ether oxygens (including phenoxy) is 1. The number of likely N-dealkylation sites (tertiary alicyclic amines) is 1. The molecule has 1 amide bonds. The molecule has 3 atom stereocenters. The third-order valence-corrected chi connectivity index (χ3v) is 4.78. The summed E-state index contributed by atoms with van der Waals surface area (Å²) in [5.74, 6) is 0.821. The number of aromatic nitrogens is 1. The lowest BCUT2D eigenvalue weighted by atomic mass is 9.99. The third-order valence-electron chi connectivity index (χ3n) is 4.78. The lowest BCUT2D eigenvalue weighted by Crippen LogP contribution is -2.45. The maximum atomic E-state index is 12.5. The minimum Gasteiger partial charge on any atom is -0.371 e. The van der Waals surface area contributed by atoms with Crippen LogP contribution in [0.3, 0.4) is 0 Å². The molecule has 5 nitrogen and oxygen atoms in total. The minimum absolute atomic E-state index is 0.0132. The van der Waals surface area contributed by atoms with E-state index in [1.54, 1.807) is 12.4 Å². The highest BCUT2D eigenvalue weighted by Crippen LogP contribution is 2.32. The SMILES string of the molecule is CC(C)CCN1C[C@H]2C[C@H](C(=O)NCc3cccnc3)[C@@H](C1)O2. The van der Waals surface area contributed by atoms with Gasteiger partial charge in [-0.1, -0.05) is 19.9 Å². The van der Waals surface area contributed by atoms with Gasteiger partial charge in [-0.05, 0) is 36.9 Å². The molecule has 0 radical (unpaired) electrons. The van der Waals surface area contributed by atoms with E-state index in [1.807, 2.05) is 12.1 Å². The van der Waals surface area contributed by atoms with Gasteiger partial charge in [0.15, 0.2) is 0 Å². The molecule has 0 unspecified atom stereocenters. The van der Waals surface area contributed by atoms with E-state index in [4.69, 9.17) is 4.74 Å².